The molecule has 2 aromatic heterocycles. The number of allylic oxidation sites excluding steroid dienone is 2. The van der Waals surface area contributed by atoms with E-state index in [0.717, 1.165) is 5.52 Å². The fraction of sp³-hybridized carbons (Fsp3) is 0.0833. The summed E-state index contributed by atoms with van der Waals surface area (Å²) in [6, 6.07) is 8.77. The molecule has 0 saturated heterocycles. The first-order valence-electron chi connectivity index (χ1n) is 8.77. The Kier molecular flexibility index (Phi) is 4.14. The van der Waals surface area contributed by atoms with Gasteiger partial charge in [-0.25, -0.2) is 0 Å². The molecule has 4 aromatic rings. The first-order chi connectivity index (χ1) is 12.7. The van der Waals surface area contributed by atoms with Gasteiger partial charge in [-0.05, 0) is 42.7 Å². The average Bonchev–Trinajstić information content (AvgIpc) is 3.19. The van der Waals surface area contributed by atoms with Gasteiger partial charge in [-0.3, -0.25) is 0 Å². The number of hydrogen-bond donors (Lipinski definition) is 1. The fourth-order valence-corrected chi connectivity index (χ4v) is 5.00. The number of fused-ring (bicyclic) bond motifs is 5. The van der Waals surface area contributed by atoms with Crippen molar-refractivity contribution >= 4 is 67.5 Å². The monoisotopic (exact) mass is 355 g/mol. The van der Waals surface area contributed by atoms with Gasteiger partial charge in [0.15, 0.2) is 0 Å². The summed E-state index contributed by atoms with van der Waals surface area (Å²) < 4.78 is 1.28. The van der Waals surface area contributed by atoms with Crippen LogP contribution in [0.15, 0.2) is 49.6 Å². The number of benzene rings is 2. The Labute approximate surface area is 157 Å². The Morgan fingerprint density at radius 2 is 1.62 bits per heavy atom. The van der Waals surface area contributed by atoms with E-state index in [-0.39, 0.29) is 0 Å². The highest BCUT2D eigenvalue weighted by Gasteiger charge is 2.15. The van der Waals surface area contributed by atoms with Gasteiger partial charge in [0, 0.05) is 26.6 Å². The molecule has 0 radical (unpaired) electrons. The lowest BCUT2D eigenvalue weighted by Crippen LogP contribution is -1.82. The molecule has 128 valence electrons. The van der Waals surface area contributed by atoms with Crippen molar-refractivity contribution in [2.45, 2.75) is 13.8 Å². The molecule has 0 aliphatic heterocycles. The van der Waals surface area contributed by atoms with E-state index in [2.05, 4.69) is 73.6 Å². The summed E-state index contributed by atoms with van der Waals surface area (Å²) in [5.74, 6) is 0. The Bertz CT molecular complexity index is 1230. The summed E-state index contributed by atoms with van der Waals surface area (Å²) in [4.78, 5) is 4.90. The summed E-state index contributed by atoms with van der Waals surface area (Å²) >= 11 is 1.82. The fourth-order valence-electron chi connectivity index (χ4n) is 3.73. The van der Waals surface area contributed by atoms with Crippen molar-refractivity contribution < 1.29 is 0 Å². The zero-order valence-electron chi connectivity index (χ0n) is 15.1. The van der Waals surface area contributed by atoms with E-state index in [4.69, 9.17) is 0 Å². The van der Waals surface area contributed by atoms with Gasteiger partial charge in [0.05, 0.1) is 10.2 Å². The van der Waals surface area contributed by atoms with Crippen LogP contribution in [0.4, 0.5) is 0 Å². The summed E-state index contributed by atoms with van der Waals surface area (Å²) in [5, 5.41) is 3.75. The summed E-state index contributed by atoms with van der Waals surface area (Å²) in [6.07, 6.45) is 12.4. The van der Waals surface area contributed by atoms with Crippen molar-refractivity contribution in [2.75, 3.05) is 0 Å². The Morgan fingerprint density at radius 1 is 0.885 bits per heavy atom. The van der Waals surface area contributed by atoms with Crippen LogP contribution in [-0.4, -0.2) is 4.98 Å². The number of H-pyrrole nitrogens is 1. The summed E-state index contributed by atoms with van der Waals surface area (Å²) in [7, 11) is 0. The van der Waals surface area contributed by atoms with Gasteiger partial charge < -0.3 is 4.98 Å². The molecule has 2 heterocycles. The molecule has 0 aliphatic carbocycles. The van der Waals surface area contributed by atoms with Crippen LogP contribution in [0, 0.1) is 0 Å². The van der Waals surface area contributed by atoms with Gasteiger partial charge in [-0.1, -0.05) is 61.7 Å². The van der Waals surface area contributed by atoms with Crippen LogP contribution in [0.25, 0.3) is 56.2 Å². The number of hydrogen-bond acceptors (Lipinski definition) is 1. The number of nitrogens with one attached hydrogen (secondary N) is 1. The van der Waals surface area contributed by atoms with Crippen molar-refractivity contribution in [1.82, 2.24) is 4.98 Å². The maximum absolute atomic E-state index is 4.06. The van der Waals surface area contributed by atoms with Crippen LogP contribution in [0.2, 0.25) is 0 Å². The zero-order chi connectivity index (χ0) is 18.3. The molecule has 0 spiro atoms. The third-order valence-corrected chi connectivity index (χ3v) is 6.01. The van der Waals surface area contributed by atoms with Gasteiger partial charge in [0.2, 0.25) is 0 Å². The minimum absolute atomic E-state index is 1.15. The summed E-state index contributed by atoms with van der Waals surface area (Å²) in [6.45, 7) is 12.2. The summed E-state index contributed by atoms with van der Waals surface area (Å²) in [5.41, 5.74) is 5.94. The SMILES string of the molecule is C=Cc1c(/C=C\C)sc2c1ccc1c2[nH]c2ccc(/C=C\C)c(C=C)c21. The second-order valence-electron chi connectivity index (χ2n) is 6.27. The highest BCUT2D eigenvalue weighted by atomic mass is 32.1. The normalized spacial score (nSPS) is 12.2. The lowest BCUT2D eigenvalue weighted by Gasteiger charge is -2.04. The van der Waals surface area contributed by atoms with Crippen molar-refractivity contribution in [1.29, 1.82) is 0 Å². The van der Waals surface area contributed by atoms with Crippen molar-refractivity contribution in [2.24, 2.45) is 0 Å². The van der Waals surface area contributed by atoms with Gasteiger partial charge in [0.1, 0.15) is 0 Å². The standard InChI is InChI=1S/C24H21NS/c1-5-9-15-11-14-20-22(16(15)7-3)19-13-12-18-17(8-4)21(10-6-2)26-24(18)23(19)25-20/h5-14,25H,3-4H2,1-2H3/b9-5-,10-6-. The van der Waals surface area contributed by atoms with E-state index >= 15 is 0 Å². The molecule has 0 aliphatic rings. The third-order valence-electron chi connectivity index (χ3n) is 4.81. The molecule has 2 heteroatoms. The second-order valence-corrected chi connectivity index (χ2v) is 7.32. The number of rotatable bonds is 4. The second kappa shape index (κ2) is 6.47. The van der Waals surface area contributed by atoms with Crippen LogP contribution in [0.3, 0.4) is 0 Å². The molecule has 0 atom stereocenters. The van der Waals surface area contributed by atoms with E-state index in [1.165, 1.54) is 47.9 Å². The molecule has 2 aromatic carbocycles. The van der Waals surface area contributed by atoms with Crippen LogP contribution in [0.1, 0.15) is 35.4 Å². The first-order valence-corrected chi connectivity index (χ1v) is 9.59. The zero-order valence-corrected chi connectivity index (χ0v) is 15.9. The van der Waals surface area contributed by atoms with Crippen LogP contribution >= 0.6 is 11.3 Å². The quantitative estimate of drug-likeness (QED) is 0.383. The molecule has 0 saturated carbocycles. The van der Waals surface area contributed by atoms with Crippen molar-refractivity contribution in [3.8, 4) is 0 Å². The number of thiophene rings is 1. The maximum Gasteiger partial charge on any atom is 0.0646 e. The van der Waals surface area contributed by atoms with Crippen LogP contribution in [-0.2, 0) is 0 Å². The van der Waals surface area contributed by atoms with Crippen molar-refractivity contribution in [3.05, 3.63) is 71.1 Å². The molecule has 1 N–H and O–H groups in total. The lowest BCUT2D eigenvalue weighted by atomic mass is 9.99. The minimum Gasteiger partial charge on any atom is -0.353 e. The van der Waals surface area contributed by atoms with Crippen LogP contribution in [0.5, 0.6) is 0 Å². The predicted octanol–water partition coefficient (Wildman–Crippen LogP) is 7.89. The Morgan fingerprint density at radius 3 is 2.31 bits per heavy atom. The molecule has 0 amide bonds. The molecular weight excluding hydrogens is 334 g/mol. The molecule has 0 unspecified atom stereocenters. The average molecular weight is 356 g/mol. The molecule has 4 rings (SSSR count). The number of aromatic nitrogens is 1. The van der Waals surface area contributed by atoms with Crippen LogP contribution < -0.4 is 0 Å². The third kappa shape index (κ3) is 2.30. The molecule has 26 heavy (non-hydrogen) atoms. The molecular formula is C24H21NS. The lowest BCUT2D eigenvalue weighted by molar-refractivity contribution is 1.56. The predicted molar refractivity (Wildman–Crippen MR) is 121 cm³/mol. The van der Waals surface area contributed by atoms with Crippen molar-refractivity contribution in [3.63, 3.8) is 0 Å². The topological polar surface area (TPSA) is 15.8 Å². The Hall–Kier alpha value is -2.84. The highest BCUT2D eigenvalue weighted by Crippen LogP contribution is 2.41. The first kappa shape index (κ1) is 16.6. The van der Waals surface area contributed by atoms with E-state index in [0.29, 0.717) is 0 Å². The van der Waals surface area contributed by atoms with E-state index in [1.54, 1.807) is 0 Å². The highest BCUT2D eigenvalue weighted by molar-refractivity contribution is 7.21. The Balaban J connectivity index is 2.18. The van der Waals surface area contributed by atoms with Gasteiger partial charge in [0.25, 0.3) is 0 Å². The van der Waals surface area contributed by atoms with Gasteiger partial charge >= 0.3 is 0 Å². The maximum atomic E-state index is 4.06. The minimum atomic E-state index is 1.15. The molecule has 0 fully saturated rings. The molecule has 0 bridgehead atoms. The largest absolute Gasteiger partial charge is 0.353 e. The van der Waals surface area contributed by atoms with Gasteiger partial charge in [-0.2, -0.15) is 0 Å². The smallest absolute Gasteiger partial charge is 0.0646 e. The van der Waals surface area contributed by atoms with E-state index in [9.17, 15) is 0 Å². The number of aromatic amines is 1. The van der Waals surface area contributed by atoms with Gasteiger partial charge in [-0.15, -0.1) is 11.3 Å². The van der Waals surface area contributed by atoms with E-state index < -0.39 is 0 Å². The van der Waals surface area contributed by atoms with E-state index in [1.807, 2.05) is 30.4 Å². The molecule has 1 nitrogen and oxygen atoms in total.